The fraction of sp³-hybridized carbons (Fsp3) is 0.333. The highest BCUT2D eigenvalue weighted by Crippen LogP contribution is 2.44. The van der Waals surface area contributed by atoms with Crippen molar-refractivity contribution >= 4 is 11.6 Å². The number of pyridine rings is 1. The van der Waals surface area contributed by atoms with Gasteiger partial charge >= 0.3 is 0 Å². The number of aromatic nitrogens is 4. The average molecular weight is 319 g/mol. The highest BCUT2D eigenvalue weighted by atomic mass is 16.2. The first-order chi connectivity index (χ1) is 11.7. The van der Waals surface area contributed by atoms with Gasteiger partial charge in [-0.25, -0.2) is 9.50 Å². The van der Waals surface area contributed by atoms with Gasteiger partial charge in [-0.05, 0) is 31.9 Å². The Hall–Kier alpha value is -2.76. The van der Waals surface area contributed by atoms with Gasteiger partial charge in [-0.2, -0.15) is 5.10 Å². The zero-order valence-corrected chi connectivity index (χ0v) is 13.4. The molecule has 2 unspecified atom stereocenters. The Bertz CT molecular complexity index is 949. The van der Waals surface area contributed by atoms with Crippen molar-refractivity contribution in [3.63, 3.8) is 0 Å². The summed E-state index contributed by atoms with van der Waals surface area (Å²) in [7, 11) is 0. The second-order valence-corrected chi connectivity index (χ2v) is 6.62. The van der Waals surface area contributed by atoms with Crippen molar-refractivity contribution in [1.82, 2.24) is 24.5 Å². The number of aryl methyl sites for hydroxylation is 1. The van der Waals surface area contributed by atoms with E-state index in [2.05, 4.69) is 15.1 Å². The lowest BCUT2D eigenvalue weighted by Gasteiger charge is -2.36. The molecule has 6 heteroatoms. The lowest BCUT2D eigenvalue weighted by Crippen LogP contribution is -2.42. The van der Waals surface area contributed by atoms with E-state index in [1.165, 1.54) is 5.69 Å². The molecule has 1 fully saturated rings. The van der Waals surface area contributed by atoms with Crippen molar-refractivity contribution in [2.75, 3.05) is 0 Å². The van der Waals surface area contributed by atoms with E-state index in [0.29, 0.717) is 5.56 Å². The highest BCUT2D eigenvalue weighted by molar-refractivity contribution is 5.95. The lowest BCUT2D eigenvalue weighted by molar-refractivity contribution is 0.0642. The molecule has 5 heterocycles. The van der Waals surface area contributed by atoms with E-state index in [4.69, 9.17) is 0 Å². The SMILES string of the molecule is Cc1cc2ncc3c(n2n1)CC1CCC3N1C(=O)c1ccncc1. The molecule has 0 aliphatic carbocycles. The van der Waals surface area contributed by atoms with E-state index >= 15 is 0 Å². The summed E-state index contributed by atoms with van der Waals surface area (Å²) in [6, 6.07) is 5.90. The van der Waals surface area contributed by atoms with Crippen LogP contribution in [0, 0.1) is 6.92 Å². The van der Waals surface area contributed by atoms with E-state index in [-0.39, 0.29) is 18.0 Å². The van der Waals surface area contributed by atoms with Crippen molar-refractivity contribution in [2.45, 2.75) is 38.3 Å². The molecule has 5 rings (SSSR count). The summed E-state index contributed by atoms with van der Waals surface area (Å²) >= 11 is 0. The number of carbonyl (C=O) groups is 1. The molecule has 2 atom stereocenters. The van der Waals surface area contributed by atoms with Gasteiger partial charge in [0.15, 0.2) is 5.65 Å². The van der Waals surface area contributed by atoms with Gasteiger partial charge in [-0.15, -0.1) is 0 Å². The monoisotopic (exact) mass is 319 g/mol. The van der Waals surface area contributed by atoms with Crippen LogP contribution in [0.15, 0.2) is 36.8 Å². The molecule has 1 saturated heterocycles. The maximum Gasteiger partial charge on any atom is 0.254 e. The van der Waals surface area contributed by atoms with Crippen LogP contribution < -0.4 is 0 Å². The molecule has 1 amide bonds. The summed E-state index contributed by atoms with van der Waals surface area (Å²) in [5, 5.41) is 4.59. The fourth-order valence-corrected chi connectivity index (χ4v) is 4.15. The minimum atomic E-state index is 0.0901. The molecule has 0 spiro atoms. The second-order valence-electron chi connectivity index (χ2n) is 6.62. The van der Waals surface area contributed by atoms with Crippen LogP contribution >= 0.6 is 0 Å². The van der Waals surface area contributed by atoms with Gasteiger partial charge in [0.05, 0.1) is 17.4 Å². The first kappa shape index (κ1) is 13.7. The van der Waals surface area contributed by atoms with Gasteiger partial charge in [0.25, 0.3) is 5.91 Å². The normalized spacial score (nSPS) is 22.0. The molecule has 6 nitrogen and oxygen atoms in total. The Balaban J connectivity index is 1.61. The molecule has 0 radical (unpaired) electrons. The largest absolute Gasteiger partial charge is 0.328 e. The molecule has 3 aromatic heterocycles. The zero-order valence-electron chi connectivity index (χ0n) is 13.4. The lowest BCUT2D eigenvalue weighted by atomic mass is 9.98. The van der Waals surface area contributed by atoms with E-state index in [0.717, 1.165) is 36.2 Å². The molecule has 2 aliphatic rings. The van der Waals surface area contributed by atoms with Crippen molar-refractivity contribution in [1.29, 1.82) is 0 Å². The first-order valence-corrected chi connectivity index (χ1v) is 8.29. The molecule has 0 saturated carbocycles. The van der Waals surface area contributed by atoms with Gasteiger partial charge in [0.1, 0.15) is 0 Å². The van der Waals surface area contributed by atoms with Gasteiger partial charge in [-0.1, -0.05) is 0 Å². The van der Waals surface area contributed by atoms with Crippen molar-refractivity contribution in [3.8, 4) is 0 Å². The summed E-state index contributed by atoms with van der Waals surface area (Å²) in [5.41, 5.74) is 4.91. The third-order valence-electron chi connectivity index (χ3n) is 5.19. The standard InChI is InChI=1S/C18H17N5O/c1-11-8-17-20-10-14-15-3-2-13(9-16(14)23(17)21-11)22(15)18(24)12-4-6-19-7-5-12/h4-8,10,13,15H,2-3,9H2,1H3. The minimum absolute atomic E-state index is 0.0901. The first-order valence-electron chi connectivity index (χ1n) is 8.29. The van der Waals surface area contributed by atoms with Gasteiger partial charge in [0, 0.05) is 48.2 Å². The maximum absolute atomic E-state index is 13.0. The highest BCUT2D eigenvalue weighted by Gasteiger charge is 2.44. The summed E-state index contributed by atoms with van der Waals surface area (Å²) in [5.74, 6) is 0.0901. The molecule has 2 bridgehead atoms. The Morgan fingerprint density at radius 1 is 1.25 bits per heavy atom. The van der Waals surface area contributed by atoms with Crippen molar-refractivity contribution < 1.29 is 4.79 Å². The molecule has 24 heavy (non-hydrogen) atoms. The zero-order chi connectivity index (χ0) is 16.3. The quantitative estimate of drug-likeness (QED) is 0.690. The number of amides is 1. The van der Waals surface area contributed by atoms with Crippen molar-refractivity contribution in [3.05, 3.63) is 59.3 Å². The summed E-state index contributed by atoms with van der Waals surface area (Å²) in [6.45, 7) is 1.98. The van der Waals surface area contributed by atoms with Crippen LogP contribution in [-0.4, -0.2) is 36.4 Å². The average Bonchev–Trinajstić information content (AvgIpc) is 3.14. The van der Waals surface area contributed by atoms with Gasteiger partial charge < -0.3 is 4.90 Å². The Kier molecular flexibility index (Phi) is 2.77. The number of carbonyl (C=O) groups excluding carboxylic acids is 1. The second kappa shape index (κ2) is 4.87. The fourth-order valence-electron chi connectivity index (χ4n) is 4.15. The van der Waals surface area contributed by atoms with E-state index < -0.39 is 0 Å². The minimum Gasteiger partial charge on any atom is -0.328 e. The maximum atomic E-state index is 13.0. The summed E-state index contributed by atoms with van der Waals surface area (Å²) < 4.78 is 1.96. The number of hydrogen-bond donors (Lipinski definition) is 0. The predicted molar refractivity (Wildman–Crippen MR) is 87.6 cm³/mol. The van der Waals surface area contributed by atoms with Crippen LogP contribution in [0.3, 0.4) is 0 Å². The number of nitrogens with zero attached hydrogens (tertiary/aromatic N) is 5. The van der Waals surface area contributed by atoms with Crippen LogP contribution in [-0.2, 0) is 6.42 Å². The number of rotatable bonds is 1. The number of hydrogen-bond acceptors (Lipinski definition) is 4. The summed E-state index contributed by atoms with van der Waals surface area (Å²) in [4.78, 5) is 23.6. The van der Waals surface area contributed by atoms with Crippen LogP contribution in [0.1, 0.15) is 46.2 Å². The van der Waals surface area contributed by atoms with Crippen LogP contribution in [0.5, 0.6) is 0 Å². The molecular formula is C18H17N5O. The molecular weight excluding hydrogens is 302 g/mol. The molecule has 3 aromatic rings. The molecule has 0 N–H and O–H groups in total. The molecule has 2 aliphatic heterocycles. The number of fused-ring (bicyclic) bond motifs is 6. The van der Waals surface area contributed by atoms with Crippen LogP contribution in [0.2, 0.25) is 0 Å². The van der Waals surface area contributed by atoms with E-state index in [1.54, 1.807) is 24.5 Å². The third-order valence-corrected chi connectivity index (χ3v) is 5.19. The topological polar surface area (TPSA) is 63.4 Å². The van der Waals surface area contributed by atoms with Crippen molar-refractivity contribution in [2.24, 2.45) is 0 Å². The Labute approximate surface area is 139 Å². The molecule has 0 aromatic carbocycles. The summed E-state index contributed by atoms with van der Waals surface area (Å²) in [6.07, 6.45) is 8.13. The van der Waals surface area contributed by atoms with Crippen LogP contribution in [0.25, 0.3) is 5.65 Å². The third kappa shape index (κ3) is 1.82. The smallest absolute Gasteiger partial charge is 0.254 e. The molecule has 120 valence electrons. The van der Waals surface area contributed by atoms with E-state index in [1.807, 2.05) is 28.6 Å². The van der Waals surface area contributed by atoms with Gasteiger partial charge in [0.2, 0.25) is 0 Å². The van der Waals surface area contributed by atoms with Crippen LogP contribution in [0.4, 0.5) is 0 Å². The predicted octanol–water partition coefficient (Wildman–Crippen LogP) is 2.33. The Morgan fingerprint density at radius 2 is 2.08 bits per heavy atom. The Morgan fingerprint density at radius 3 is 2.92 bits per heavy atom. The van der Waals surface area contributed by atoms with E-state index in [9.17, 15) is 4.79 Å². The van der Waals surface area contributed by atoms with Gasteiger partial charge in [-0.3, -0.25) is 9.78 Å².